The van der Waals surface area contributed by atoms with Gasteiger partial charge in [0.2, 0.25) is 5.88 Å². The molecule has 0 atom stereocenters. The molecule has 0 aliphatic heterocycles. The molecule has 1 heterocycles. The van der Waals surface area contributed by atoms with E-state index in [1.165, 1.54) is 12.1 Å². The average Bonchev–Trinajstić information content (AvgIpc) is 2.22. The minimum absolute atomic E-state index is 0.370. The first kappa shape index (κ1) is 10.1. The summed E-state index contributed by atoms with van der Waals surface area (Å²) < 4.78 is 18.9. The van der Waals surface area contributed by atoms with Gasteiger partial charge in [0.15, 0.2) is 0 Å². The predicted octanol–water partition coefficient (Wildman–Crippen LogP) is 3.78. The van der Waals surface area contributed by atoms with E-state index < -0.39 is 0 Å². The molecule has 0 aliphatic rings. The predicted molar refractivity (Wildman–Crippen MR) is 58.4 cm³/mol. The van der Waals surface area contributed by atoms with Crippen LogP contribution >= 0.6 is 15.9 Å². The van der Waals surface area contributed by atoms with Crippen LogP contribution in [-0.2, 0) is 0 Å². The fourth-order valence-electron chi connectivity index (χ4n) is 1.07. The number of rotatable bonds is 2. The number of halogens is 2. The highest BCUT2D eigenvalue weighted by atomic mass is 79.9. The number of benzene rings is 1. The quantitative estimate of drug-likeness (QED) is 0.826. The van der Waals surface area contributed by atoms with Gasteiger partial charge in [0.1, 0.15) is 11.6 Å². The molecule has 15 heavy (non-hydrogen) atoms. The van der Waals surface area contributed by atoms with E-state index >= 15 is 0 Å². The zero-order chi connectivity index (χ0) is 10.7. The lowest BCUT2D eigenvalue weighted by Crippen LogP contribution is -1.87. The number of ether oxygens (including phenoxy) is 1. The van der Waals surface area contributed by atoms with E-state index in [0.717, 1.165) is 10.7 Å². The van der Waals surface area contributed by atoms with Crippen LogP contribution in [0.5, 0.6) is 11.6 Å². The van der Waals surface area contributed by atoms with Crippen LogP contribution < -0.4 is 4.74 Å². The maximum atomic E-state index is 12.6. The lowest BCUT2D eigenvalue weighted by Gasteiger charge is -2.04. The molecule has 0 radical (unpaired) electrons. The van der Waals surface area contributed by atoms with E-state index in [9.17, 15) is 4.39 Å². The number of aromatic nitrogens is 1. The molecule has 2 aromatic rings. The van der Waals surface area contributed by atoms with E-state index in [0.29, 0.717) is 11.6 Å². The van der Waals surface area contributed by atoms with Crippen LogP contribution in [0.25, 0.3) is 0 Å². The summed E-state index contributed by atoms with van der Waals surface area (Å²) in [6.45, 7) is 0. The van der Waals surface area contributed by atoms with Crippen LogP contribution in [-0.4, -0.2) is 4.98 Å². The molecule has 0 fully saturated rings. The van der Waals surface area contributed by atoms with Crippen molar-refractivity contribution >= 4 is 15.9 Å². The summed E-state index contributed by atoms with van der Waals surface area (Å²) in [5.74, 6) is 0.648. The van der Waals surface area contributed by atoms with Crippen LogP contribution in [0.2, 0.25) is 0 Å². The van der Waals surface area contributed by atoms with Gasteiger partial charge in [-0.25, -0.2) is 9.37 Å². The molecular formula is C11H7BrFNO. The molecule has 0 unspecified atom stereocenters. The maximum absolute atomic E-state index is 12.6. The van der Waals surface area contributed by atoms with Crippen molar-refractivity contribution in [1.29, 1.82) is 0 Å². The topological polar surface area (TPSA) is 22.1 Å². The lowest BCUT2D eigenvalue weighted by atomic mass is 10.3. The van der Waals surface area contributed by atoms with Crippen LogP contribution in [0.1, 0.15) is 0 Å². The zero-order valence-electron chi connectivity index (χ0n) is 7.65. The number of pyridine rings is 1. The van der Waals surface area contributed by atoms with Crippen molar-refractivity contribution in [1.82, 2.24) is 4.98 Å². The number of nitrogens with zero attached hydrogens (tertiary/aromatic N) is 1. The minimum atomic E-state index is -0.378. The molecule has 0 bridgehead atoms. The van der Waals surface area contributed by atoms with E-state index in [-0.39, 0.29) is 5.82 Å². The molecule has 4 heteroatoms. The Hall–Kier alpha value is -1.42. The summed E-state index contributed by atoms with van der Waals surface area (Å²) in [5.41, 5.74) is 0. The van der Waals surface area contributed by atoms with Crippen molar-refractivity contribution in [2.45, 2.75) is 0 Å². The van der Waals surface area contributed by atoms with Crippen molar-refractivity contribution in [2.75, 3.05) is 0 Å². The Balaban J connectivity index is 2.18. The largest absolute Gasteiger partial charge is 0.439 e. The molecule has 2 nitrogen and oxygen atoms in total. The first-order chi connectivity index (χ1) is 7.24. The van der Waals surface area contributed by atoms with E-state index in [2.05, 4.69) is 20.9 Å². The Morgan fingerprint density at radius 1 is 1.20 bits per heavy atom. The van der Waals surface area contributed by atoms with Gasteiger partial charge in [-0.1, -0.05) is 22.0 Å². The molecule has 2 rings (SSSR count). The Bertz CT molecular complexity index is 458. The standard InChI is InChI=1S/C11H7BrFNO/c12-8-2-1-3-10(6-8)15-11-5-4-9(13)7-14-11/h1-7H. The van der Waals surface area contributed by atoms with Crippen molar-refractivity contribution in [2.24, 2.45) is 0 Å². The monoisotopic (exact) mass is 267 g/mol. The second-order valence-corrected chi connectivity index (χ2v) is 3.79. The van der Waals surface area contributed by atoms with E-state index in [1.807, 2.05) is 18.2 Å². The highest BCUT2D eigenvalue weighted by Crippen LogP contribution is 2.22. The lowest BCUT2D eigenvalue weighted by molar-refractivity contribution is 0.459. The number of hydrogen-bond donors (Lipinski definition) is 0. The highest BCUT2D eigenvalue weighted by Gasteiger charge is 1.99. The summed E-state index contributed by atoms with van der Waals surface area (Å²) in [6.07, 6.45) is 1.12. The van der Waals surface area contributed by atoms with Crippen molar-refractivity contribution < 1.29 is 9.13 Å². The highest BCUT2D eigenvalue weighted by molar-refractivity contribution is 9.10. The third-order valence-electron chi connectivity index (χ3n) is 1.72. The van der Waals surface area contributed by atoms with Crippen LogP contribution in [0.15, 0.2) is 47.1 Å². The Labute approximate surface area is 94.9 Å². The minimum Gasteiger partial charge on any atom is -0.439 e. The van der Waals surface area contributed by atoms with E-state index in [4.69, 9.17) is 4.74 Å². The van der Waals surface area contributed by atoms with Gasteiger partial charge in [-0.3, -0.25) is 0 Å². The van der Waals surface area contributed by atoms with Gasteiger partial charge in [0, 0.05) is 10.5 Å². The third-order valence-corrected chi connectivity index (χ3v) is 2.21. The Morgan fingerprint density at radius 2 is 2.07 bits per heavy atom. The molecular weight excluding hydrogens is 261 g/mol. The SMILES string of the molecule is Fc1ccc(Oc2cccc(Br)c2)nc1. The zero-order valence-corrected chi connectivity index (χ0v) is 9.24. The molecule has 0 aliphatic carbocycles. The molecule has 0 N–H and O–H groups in total. The van der Waals surface area contributed by atoms with Crippen LogP contribution in [0, 0.1) is 5.82 Å². The van der Waals surface area contributed by atoms with Crippen molar-refractivity contribution in [3.63, 3.8) is 0 Å². The van der Waals surface area contributed by atoms with Crippen molar-refractivity contribution in [3.05, 3.63) is 52.9 Å². The molecule has 0 saturated heterocycles. The number of hydrogen-bond acceptors (Lipinski definition) is 2. The van der Waals surface area contributed by atoms with Crippen LogP contribution in [0.4, 0.5) is 4.39 Å². The average molecular weight is 268 g/mol. The summed E-state index contributed by atoms with van der Waals surface area (Å²) in [6, 6.07) is 10.1. The van der Waals surface area contributed by atoms with Gasteiger partial charge in [0.05, 0.1) is 6.20 Å². The van der Waals surface area contributed by atoms with Gasteiger partial charge in [-0.2, -0.15) is 0 Å². The summed E-state index contributed by atoms with van der Waals surface area (Å²) in [4.78, 5) is 3.79. The Kier molecular flexibility index (Phi) is 2.97. The summed E-state index contributed by atoms with van der Waals surface area (Å²) in [7, 11) is 0. The van der Waals surface area contributed by atoms with Crippen molar-refractivity contribution in [3.8, 4) is 11.6 Å². The second-order valence-electron chi connectivity index (χ2n) is 2.87. The smallest absolute Gasteiger partial charge is 0.219 e. The fraction of sp³-hybridized carbons (Fsp3) is 0. The molecule has 0 saturated carbocycles. The second kappa shape index (κ2) is 4.40. The van der Waals surface area contributed by atoms with Gasteiger partial charge in [0.25, 0.3) is 0 Å². The third kappa shape index (κ3) is 2.76. The first-order valence-corrected chi connectivity index (χ1v) is 5.08. The molecule has 0 amide bonds. The Morgan fingerprint density at radius 3 is 2.73 bits per heavy atom. The van der Waals surface area contributed by atoms with E-state index in [1.54, 1.807) is 6.07 Å². The summed E-state index contributed by atoms with van der Waals surface area (Å²) in [5, 5.41) is 0. The fourth-order valence-corrected chi connectivity index (χ4v) is 1.45. The molecule has 1 aromatic heterocycles. The first-order valence-electron chi connectivity index (χ1n) is 4.29. The van der Waals surface area contributed by atoms with Gasteiger partial charge >= 0.3 is 0 Å². The normalized spacial score (nSPS) is 10.0. The van der Waals surface area contributed by atoms with Gasteiger partial charge in [-0.05, 0) is 24.3 Å². The summed E-state index contributed by atoms with van der Waals surface area (Å²) >= 11 is 3.33. The molecule has 1 aromatic carbocycles. The van der Waals surface area contributed by atoms with Gasteiger partial charge < -0.3 is 4.74 Å². The molecule has 76 valence electrons. The van der Waals surface area contributed by atoms with Gasteiger partial charge in [-0.15, -0.1) is 0 Å². The molecule has 0 spiro atoms. The maximum Gasteiger partial charge on any atom is 0.219 e. The van der Waals surface area contributed by atoms with Crippen LogP contribution in [0.3, 0.4) is 0 Å².